The van der Waals surface area contributed by atoms with Crippen LogP contribution < -0.4 is 10.6 Å². The number of aromatic nitrogens is 4. The summed E-state index contributed by atoms with van der Waals surface area (Å²) < 4.78 is 5.43. The van der Waals surface area contributed by atoms with Crippen LogP contribution in [0.5, 0.6) is 0 Å². The molecule has 0 spiro atoms. The number of rotatable bonds is 13. The average molecular weight is 491 g/mol. The summed E-state index contributed by atoms with van der Waals surface area (Å²) in [6.45, 7) is 3.74. The molecule has 0 unspecified atom stereocenters. The average Bonchev–Trinajstić information content (AvgIpc) is 3.40. The van der Waals surface area contributed by atoms with Crippen molar-refractivity contribution in [3.63, 3.8) is 0 Å². The molecule has 2 amide bonds. The number of unbranched alkanes of at least 4 members (excludes halogenated alkanes) is 5. The van der Waals surface area contributed by atoms with Crippen molar-refractivity contribution in [1.29, 1.82) is 0 Å². The van der Waals surface area contributed by atoms with Gasteiger partial charge in [0.2, 0.25) is 22.8 Å². The van der Waals surface area contributed by atoms with Gasteiger partial charge in [-0.15, -0.1) is 10.2 Å². The van der Waals surface area contributed by atoms with Crippen LogP contribution in [0.2, 0.25) is 0 Å². The largest absolute Gasteiger partial charge is 0.343 e. The van der Waals surface area contributed by atoms with Gasteiger partial charge in [0.15, 0.2) is 5.82 Å². The molecule has 1 fully saturated rings. The van der Waals surface area contributed by atoms with Gasteiger partial charge in [-0.25, -0.2) is 0 Å². The number of nitrogens with zero attached hydrogens (tertiary/aromatic N) is 4. The highest BCUT2D eigenvalue weighted by atomic mass is 32.1. The number of hydrogen-bond acceptors (Lipinski definition) is 8. The Kier molecular flexibility index (Phi) is 10.4. The molecule has 0 radical (unpaired) electrons. The van der Waals surface area contributed by atoms with Crippen molar-refractivity contribution in [2.45, 2.75) is 116 Å². The molecule has 188 valence electrons. The first-order chi connectivity index (χ1) is 16.5. The molecule has 2 N–H and O–H groups in total. The maximum Gasteiger partial charge on any atom is 0.227 e. The lowest BCUT2D eigenvalue weighted by molar-refractivity contribution is -0.121. The number of hydrogen-bond donors (Lipinski definition) is 2. The molecule has 2 aromatic rings. The van der Waals surface area contributed by atoms with Crippen molar-refractivity contribution in [3.8, 4) is 0 Å². The molecular formula is C24H38N6O3S. The fourth-order valence-corrected chi connectivity index (χ4v) is 5.29. The van der Waals surface area contributed by atoms with E-state index in [2.05, 4.69) is 37.9 Å². The minimum Gasteiger partial charge on any atom is -0.343 e. The van der Waals surface area contributed by atoms with Gasteiger partial charge in [-0.3, -0.25) is 9.59 Å². The fraction of sp³-hybridized carbons (Fsp3) is 0.750. The molecule has 2 aromatic heterocycles. The van der Waals surface area contributed by atoms with Gasteiger partial charge in [0.1, 0.15) is 10.5 Å². The minimum absolute atomic E-state index is 0.0967. The number of carbonyl (C=O) groups is 2. The molecule has 0 atom stereocenters. The number of carbonyl (C=O) groups excluding carboxylic acids is 2. The van der Waals surface area contributed by atoms with Crippen LogP contribution in [0.25, 0.3) is 0 Å². The van der Waals surface area contributed by atoms with Crippen LogP contribution in [0.1, 0.15) is 114 Å². The van der Waals surface area contributed by atoms with E-state index in [1.807, 2.05) is 0 Å². The number of aryl methyl sites for hydroxylation is 2. The molecule has 0 aliphatic heterocycles. The van der Waals surface area contributed by atoms with Gasteiger partial charge in [-0.1, -0.05) is 81.2 Å². The van der Waals surface area contributed by atoms with Gasteiger partial charge >= 0.3 is 0 Å². The van der Waals surface area contributed by atoms with Crippen LogP contribution in [0.4, 0.5) is 5.13 Å². The van der Waals surface area contributed by atoms with Crippen molar-refractivity contribution < 1.29 is 14.1 Å². The zero-order valence-electron chi connectivity index (χ0n) is 20.5. The van der Waals surface area contributed by atoms with Gasteiger partial charge in [-0.05, 0) is 19.3 Å². The third-order valence-electron chi connectivity index (χ3n) is 6.29. The third-order valence-corrected chi connectivity index (χ3v) is 7.19. The lowest BCUT2D eigenvalue weighted by Gasteiger charge is -2.30. The molecule has 2 heterocycles. The summed E-state index contributed by atoms with van der Waals surface area (Å²) in [5.74, 6) is 0.664. The Morgan fingerprint density at radius 1 is 1.00 bits per heavy atom. The topological polar surface area (TPSA) is 123 Å². The summed E-state index contributed by atoms with van der Waals surface area (Å²) in [6.07, 6.45) is 14.8. The van der Waals surface area contributed by atoms with Crippen molar-refractivity contribution in [2.75, 3.05) is 5.32 Å². The first kappa shape index (κ1) is 26.2. The van der Waals surface area contributed by atoms with E-state index in [1.165, 1.54) is 50.4 Å². The molecule has 10 heteroatoms. The summed E-state index contributed by atoms with van der Waals surface area (Å²) in [6, 6.07) is 0. The molecule has 34 heavy (non-hydrogen) atoms. The lowest BCUT2D eigenvalue weighted by Crippen LogP contribution is -2.45. The van der Waals surface area contributed by atoms with E-state index in [-0.39, 0.29) is 18.2 Å². The zero-order chi connectivity index (χ0) is 24.2. The molecular weight excluding hydrogens is 452 g/mol. The van der Waals surface area contributed by atoms with Crippen LogP contribution in [-0.2, 0) is 28.0 Å². The van der Waals surface area contributed by atoms with Gasteiger partial charge in [-0.2, -0.15) is 4.98 Å². The van der Waals surface area contributed by atoms with E-state index in [0.717, 1.165) is 56.4 Å². The highest BCUT2D eigenvalue weighted by molar-refractivity contribution is 7.15. The Balaban J connectivity index is 1.46. The van der Waals surface area contributed by atoms with Gasteiger partial charge in [0, 0.05) is 26.2 Å². The number of amides is 2. The molecule has 0 saturated heterocycles. The fourth-order valence-electron chi connectivity index (χ4n) is 4.49. The van der Waals surface area contributed by atoms with Crippen molar-refractivity contribution in [1.82, 2.24) is 25.7 Å². The first-order valence-electron chi connectivity index (χ1n) is 12.7. The molecule has 0 aromatic carbocycles. The molecule has 1 aliphatic rings. The predicted molar refractivity (Wildman–Crippen MR) is 131 cm³/mol. The maximum atomic E-state index is 12.4. The Morgan fingerprint density at radius 2 is 1.74 bits per heavy atom. The standard InChI is InChI=1S/C24H38N6O3S/c1-3-4-5-6-7-10-13-21-28-29-23(34-21)25-19(32)14-15-20-26-22(30-33-20)24(27-18(2)31)16-11-8-9-12-17-24/h3-17H2,1-2H3,(H,27,31)(H,25,29,32). The first-order valence-corrected chi connectivity index (χ1v) is 13.6. The van der Waals surface area contributed by atoms with Crippen LogP contribution in [0.15, 0.2) is 4.52 Å². The van der Waals surface area contributed by atoms with Gasteiger partial charge in [0.05, 0.1) is 0 Å². The smallest absolute Gasteiger partial charge is 0.227 e. The Labute approximate surface area is 205 Å². The number of anilines is 1. The summed E-state index contributed by atoms with van der Waals surface area (Å²) >= 11 is 1.44. The van der Waals surface area contributed by atoms with Gasteiger partial charge < -0.3 is 15.2 Å². The summed E-state index contributed by atoms with van der Waals surface area (Å²) in [4.78, 5) is 28.8. The third kappa shape index (κ3) is 8.14. The molecule has 1 aliphatic carbocycles. The summed E-state index contributed by atoms with van der Waals surface area (Å²) in [5.41, 5.74) is -0.578. The van der Waals surface area contributed by atoms with E-state index < -0.39 is 5.54 Å². The second-order valence-electron chi connectivity index (χ2n) is 9.26. The van der Waals surface area contributed by atoms with E-state index >= 15 is 0 Å². The van der Waals surface area contributed by atoms with Crippen LogP contribution in [0.3, 0.4) is 0 Å². The van der Waals surface area contributed by atoms with Crippen molar-refractivity contribution >= 4 is 28.3 Å². The van der Waals surface area contributed by atoms with Crippen molar-refractivity contribution in [3.05, 3.63) is 16.7 Å². The minimum atomic E-state index is -0.578. The maximum absolute atomic E-state index is 12.4. The van der Waals surface area contributed by atoms with Crippen LogP contribution in [-0.4, -0.2) is 32.2 Å². The van der Waals surface area contributed by atoms with E-state index in [9.17, 15) is 9.59 Å². The highest BCUT2D eigenvalue weighted by Crippen LogP contribution is 2.34. The van der Waals surface area contributed by atoms with Crippen molar-refractivity contribution in [2.24, 2.45) is 0 Å². The normalized spacial score (nSPS) is 15.6. The molecule has 3 rings (SSSR count). The Bertz CT molecular complexity index is 904. The molecule has 9 nitrogen and oxygen atoms in total. The Hall–Kier alpha value is -2.36. The lowest BCUT2D eigenvalue weighted by atomic mass is 9.89. The quantitative estimate of drug-likeness (QED) is 0.296. The second-order valence-corrected chi connectivity index (χ2v) is 10.3. The van der Waals surface area contributed by atoms with E-state index in [1.54, 1.807) is 0 Å². The van der Waals surface area contributed by atoms with Gasteiger partial charge in [0.25, 0.3) is 0 Å². The summed E-state index contributed by atoms with van der Waals surface area (Å²) in [7, 11) is 0. The second kappa shape index (κ2) is 13.5. The van der Waals surface area contributed by atoms with E-state index in [0.29, 0.717) is 23.3 Å². The highest BCUT2D eigenvalue weighted by Gasteiger charge is 2.38. The Morgan fingerprint density at radius 3 is 2.47 bits per heavy atom. The number of nitrogens with one attached hydrogen (secondary N) is 2. The molecule has 1 saturated carbocycles. The van der Waals surface area contributed by atoms with Crippen LogP contribution >= 0.6 is 11.3 Å². The monoisotopic (exact) mass is 490 g/mol. The van der Waals surface area contributed by atoms with E-state index in [4.69, 9.17) is 4.52 Å². The zero-order valence-corrected chi connectivity index (χ0v) is 21.3. The SMILES string of the molecule is CCCCCCCCc1nnc(NC(=O)CCc2nc(C3(NC(C)=O)CCCCCC3)no2)s1. The molecule has 0 bridgehead atoms. The predicted octanol–water partition coefficient (Wildman–Crippen LogP) is 5.08. The summed E-state index contributed by atoms with van der Waals surface area (Å²) in [5, 5.41) is 19.8. The van der Waals surface area contributed by atoms with Crippen LogP contribution in [0, 0.1) is 0 Å².